The van der Waals surface area contributed by atoms with Gasteiger partial charge in [-0.2, -0.15) is 0 Å². The number of hydrogen-bond donors (Lipinski definition) is 2. The summed E-state index contributed by atoms with van der Waals surface area (Å²) in [6.45, 7) is 1.69. The van der Waals surface area contributed by atoms with E-state index in [9.17, 15) is 9.59 Å². The summed E-state index contributed by atoms with van der Waals surface area (Å²) >= 11 is 0. The second kappa shape index (κ2) is 8.37. The van der Waals surface area contributed by atoms with Crippen molar-refractivity contribution in [2.24, 2.45) is 5.92 Å². The van der Waals surface area contributed by atoms with Crippen LogP contribution in [0.15, 0.2) is 0 Å². The lowest BCUT2D eigenvalue weighted by atomic mass is 9.96. The molecule has 2 aliphatic rings. The number of nitrogens with zero attached hydrogens (tertiary/aromatic N) is 1. The predicted molar refractivity (Wildman–Crippen MR) is 81.0 cm³/mol. The molecule has 1 saturated carbocycles. The first-order valence-corrected chi connectivity index (χ1v) is 8.39. The molecule has 1 saturated heterocycles. The molecule has 0 aromatic rings. The number of carbonyl (C=O) groups excluding carboxylic acids is 1. The van der Waals surface area contributed by atoms with Crippen molar-refractivity contribution in [3.05, 3.63) is 0 Å². The van der Waals surface area contributed by atoms with Gasteiger partial charge in [0.1, 0.15) is 0 Å². The van der Waals surface area contributed by atoms with Crippen LogP contribution in [0, 0.1) is 5.92 Å². The molecule has 0 aromatic carbocycles. The first-order valence-electron chi connectivity index (χ1n) is 8.39. The number of rotatable bonds is 4. The number of carboxylic acids is 1. The van der Waals surface area contributed by atoms with Gasteiger partial charge in [0.25, 0.3) is 0 Å². The van der Waals surface area contributed by atoms with Gasteiger partial charge in [0.05, 0.1) is 12.5 Å². The van der Waals surface area contributed by atoms with E-state index < -0.39 is 5.97 Å². The van der Waals surface area contributed by atoms with Gasteiger partial charge in [-0.3, -0.25) is 14.5 Å². The van der Waals surface area contributed by atoms with Crippen molar-refractivity contribution in [3.8, 4) is 0 Å². The van der Waals surface area contributed by atoms with Crippen LogP contribution >= 0.6 is 0 Å². The molecule has 1 unspecified atom stereocenters. The molecule has 0 bridgehead atoms. The maximum atomic E-state index is 12.2. The third kappa shape index (κ3) is 5.65. The van der Waals surface area contributed by atoms with Gasteiger partial charge in [0.2, 0.25) is 5.91 Å². The molecule has 2 rings (SSSR count). The van der Waals surface area contributed by atoms with Gasteiger partial charge in [-0.05, 0) is 32.2 Å². The van der Waals surface area contributed by atoms with Gasteiger partial charge in [-0.1, -0.05) is 32.1 Å². The number of piperidine rings is 1. The molecule has 1 aliphatic heterocycles. The Labute approximate surface area is 127 Å². The van der Waals surface area contributed by atoms with Crippen molar-refractivity contribution in [2.45, 2.75) is 63.8 Å². The highest BCUT2D eigenvalue weighted by atomic mass is 16.4. The normalized spacial score (nSPS) is 25.8. The molecule has 1 atom stereocenters. The Balaban J connectivity index is 1.74. The largest absolute Gasteiger partial charge is 0.481 e. The van der Waals surface area contributed by atoms with Gasteiger partial charge < -0.3 is 10.4 Å². The van der Waals surface area contributed by atoms with E-state index in [1.807, 2.05) is 4.90 Å². The molecule has 0 aromatic heterocycles. The Morgan fingerprint density at radius 3 is 2.33 bits per heavy atom. The van der Waals surface area contributed by atoms with Crippen LogP contribution in [-0.4, -0.2) is 47.6 Å². The third-order valence-corrected chi connectivity index (χ3v) is 4.69. The standard InChI is InChI=1S/C16H28N2O3/c19-15(17-14-8-4-2-1-3-5-9-14)12-18-10-6-7-13(11-18)16(20)21/h13-14H,1-12H2,(H,17,19)(H,20,21). The number of carbonyl (C=O) groups is 2. The smallest absolute Gasteiger partial charge is 0.307 e. The molecule has 2 fully saturated rings. The fourth-order valence-electron chi connectivity index (χ4n) is 3.48. The Hall–Kier alpha value is -1.10. The Morgan fingerprint density at radius 2 is 1.67 bits per heavy atom. The van der Waals surface area contributed by atoms with Crippen LogP contribution in [0.1, 0.15) is 57.8 Å². The van der Waals surface area contributed by atoms with Crippen molar-refractivity contribution in [3.63, 3.8) is 0 Å². The molecule has 120 valence electrons. The zero-order chi connectivity index (χ0) is 15.1. The van der Waals surface area contributed by atoms with Crippen LogP contribution in [0.4, 0.5) is 0 Å². The molecule has 0 spiro atoms. The Morgan fingerprint density at radius 1 is 1.00 bits per heavy atom. The maximum absolute atomic E-state index is 12.2. The van der Waals surface area contributed by atoms with Gasteiger partial charge in [0, 0.05) is 12.6 Å². The summed E-state index contributed by atoms with van der Waals surface area (Å²) in [5.74, 6) is -0.986. The number of aliphatic carboxylic acids is 1. The lowest BCUT2D eigenvalue weighted by Crippen LogP contribution is -2.46. The number of likely N-dealkylation sites (tertiary alicyclic amines) is 1. The summed E-state index contributed by atoms with van der Waals surface area (Å²) in [5, 5.41) is 12.2. The molecule has 21 heavy (non-hydrogen) atoms. The summed E-state index contributed by atoms with van der Waals surface area (Å²) in [5.41, 5.74) is 0. The minimum absolute atomic E-state index is 0.0617. The number of amides is 1. The van der Waals surface area contributed by atoms with E-state index >= 15 is 0 Å². The first-order chi connectivity index (χ1) is 10.1. The number of carboxylic acid groups (broad SMARTS) is 1. The molecule has 1 heterocycles. The van der Waals surface area contributed by atoms with Crippen molar-refractivity contribution in [2.75, 3.05) is 19.6 Å². The van der Waals surface area contributed by atoms with Crippen LogP contribution in [0.3, 0.4) is 0 Å². The monoisotopic (exact) mass is 296 g/mol. The van der Waals surface area contributed by atoms with Gasteiger partial charge >= 0.3 is 5.97 Å². The van der Waals surface area contributed by atoms with Gasteiger partial charge in [-0.25, -0.2) is 0 Å². The molecule has 1 amide bonds. The third-order valence-electron chi connectivity index (χ3n) is 4.69. The molecule has 2 N–H and O–H groups in total. The summed E-state index contributed by atoms with van der Waals surface area (Å²) in [6, 6.07) is 0.317. The number of nitrogens with one attached hydrogen (secondary N) is 1. The molecule has 1 aliphatic carbocycles. The van der Waals surface area contributed by atoms with Crippen LogP contribution in [0.25, 0.3) is 0 Å². The molecular formula is C16H28N2O3. The second-order valence-electron chi connectivity index (χ2n) is 6.52. The number of hydrogen-bond acceptors (Lipinski definition) is 3. The van der Waals surface area contributed by atoms with E-state index in [-0.39, 0.29) is 11.8 Å². The van der Waals surface area contributed by atoms with E-state index in [2.05, 4.69) is 5.32 Å². The molecule has 0 radical (unpaired) electrons. The molecular weight excluding hydrogens is 268 g/mol. The van der Waals surface area contributed by atoms with Crippen molar-refractivity contribution < 1.29 is 14.7 Å². The predicted octanol–water partition coefficient (Wildman–Crippen LogP) is 2.01. The molecule has 5 nitrogen and oxygen atoms in total. The van der Waals surface area contributed by atoms with E-state index in [1.54, 1.807) is 0 Å². The lowest BCUT2D eigenvalue weighted by Gasteiger charge is -2.30. The van der Waals surface area contributed by atoms with Crippen molar-refractivity contribution >= 4 is 11.9 Å². The summed E-state index contributed by atoms with van der Waals surface area (Å²) in [6.07, 6.45) is 10.1. The van der Waals surface area contributed by atoms with E-state index in [0.29, 0.717) is 19.1 Å². The fourth-order valence-corrected chi connectivity index (χ4v) is 3.48. The summed E-state index contributed by atoms with van der Waals surface area (Å²) in [4.78, 5) is 25.2. The average Bonchev–Trinajstić information content (AvgIpc) is 2.42. The highest BCUT2D eigenvalue weighted by molar-refractivity contribution is 5.78. The van der Waals surface area contributed by atoms with Crippen LogP contribution in [-0.2, 0) is 9.59 Å². The van der Waals surface area contributed by atoms with Gasteiger partial charge in [-0.15, -0.1) is 0 Å². The highest BCUT2D eigenvalue weighted by Gasteiger charge is 2.26. The minimum Gasteiger partial charge on any atom is -0.481 e. The SMILES string of the molecule is O=C(CN1CCCC(C(=O)O)C1)NC1CCCCCCC1. The summed E-state index contributed by atoms with van der Waals surface area (Å²) in [7, 11) is 0. The van der Waals surface area contributed by atoms with Crippen molar-refractivity contribution in [1.82, 2.24) is 10.2 Å². The van der Waals surface area contributed by atoms with Crippen LogP contribution in [0.5, 0.6) is 0 Å². The van der Waals surface area contributed by atoms with E-state index in [1.165, 1.54) is 32.1 Å². The van der Waals surface area contributed by atoms with Crippen molar-refractivity contribution in [1.29, 1.82) is 0 Å². The van der Waals surface area contributed by atoms with E-state index in [4.69, 9.17) is 5.11 Å². The fraction of sp³-hybridized carbons (Fsp3) is 0.875. The Kier molecular flexibility index (Phi) is 6.49. The zero-order valence-electron chi connectivity index (χ0n) is 12.9. The quantitative estimate of drug-likeness (QED) is 0.832. The van der Waals surface area contributed by atoms with Crippen LogP contribution < -0.4 is 5.32 Å². The van der Waals surface area contributed by atoms with Gasteiger partial charge in [0.15, 0.2) is 0 Å². The topological polar surface area (TPSA) is 69.6 Å². The minimum atomic E-state index is -0.736. The maximum Gasteiger partial charge on any atom is 0.307 e. The highest BCUT2D eigenvalue weighted by Crippen LogP contribution is 2.18. The first kappa shape index (κ1) is 16.3. The molecule has 5 heteroatoms. The Bertz CT molecular complexity index is 351. The van der Waals surface area contributed by atoms with Crippen LogP contribution in [0.2, 0.25) is 0 Å². The average molecular weight is 296 g/mol. The second-order valence-corrected chi connectivity index (χ2v) is 6.52. The lowest BCUT2D eigenvalue weighted by molar-refractivity contribution is -0.144. The summed E-state index contributed by atoms with van der Waals surface area (Å²) < 4.78 is 0. The zero-order valence-corrected chi connectivity index (χ0v) is 12.9. The van der Waals surface area contributed by atoms with E-state index in [0.717, 1.165) is 32.2 Å².